The zero-order chi connectivity index (χ0) is 11.6. The second kappa shape index (κ2) is 4.58. The predicted molar refractivity (Wildman–Crippen MR) is 58.8 cm³/mol. The molecule has 0 unspecified atom stereocenters. The second-order valence-corrected chi connectivity index (χ2v) is 5.75. The third-order valence-electron chi connectivity index (χ3n) is 1.69. The molecule has 0 saturated carbocycles. The lowest BCUT2D eigenvalue weighted by atomic mass is 10.2. The molecule has 80 valence electrons. The molecule has 0 aliphatic rings. The average Bonchev–Trinajstić information content (AvgIpc) is 2.15. The summed E-state index contributed by atoms with van der Waals surface area (Å²) in [7, 11) is 1.19. The highest BCUT2D eigenvalue weighted by Crippen LogP contribution is 2.31. The maximum absolute atomic E-state index is 11.2. The number of rotatable bonds is 2. The summed E-state index contributed by atoms with van der Waals surface area (Å²) in [5.74, 6) is -0.0489. The van der Waals surface area contributed by atoms with Gasteiger partial charge in [-0.05, 0) is 11.6 Å². The Balaban J connectivity index is 3.67. The summed E-state index contributed by atoms with van der Waals surface area (Å²) < 4.78 is 22.4. The van der Waals surface area contributed by atoms with Gasteiger partial charge in [0.1, 0.15) is 11.0 Å². The standard InChI is InChI=1S/C8H4Cl3NO2S/c9-3-5-1-2-6(4-12)7(10)8(5)15(11,13)14/h1-2H,3H2. The molecule has 0 radical (unpaired) electrons. The van der Waals surface area contributed by atoms with Crippen LogP contribution in [0, 0.1) is 11.3 Å². The van der Waals surface area contributed by atoms with Gasteiger partial charge in [-0.1, -0.05) is 17.7 Å². The van der Waals surface area contributed by atoms with E-state index >= 15 is 0 Å². The summed E-state index contributed by atoms with van der Waals surface area (Å²) in [6.45, 7) is 0. The van der Waals surface area contributed by atoms with E-state index in [1.807, 2.05) is 0 Å². The molecular weight excluding hydrogens is 281 g/mol. The first-order valence-electron chi connectivity index (χ1n) is 3.64. The van der Waals surface area contributed by atoms with E-state index in [-0.39, 0.29) is 26.9 Å². The fourth-order valence-electron chi connectivity index (χ4n) is 1.05. The topological polar surface area (TPSA) is 57.9 Å². The van der Waals surface area contributed by atoms with Crippen molar-refractivity contribution in [2.24, 2.45) is 0 Å². The molecule has 15 heavy (non-hydrogen) atoms. The molecule has 0 aliphatic heterocycles. The maximum atomic E-state index is 11.2. The van der Waals surface area contributed by atoms with Crippen molar-refractivity contribution >= 4 is 42.9 Å². The zero-order valence-corrected chi connectivity index (χ0v) is 10.3. The van der Waals surface area contributed by atoms with Crippen LogP contribution < -0.4 is 0 Å². The minimum Gasteiger partial charge on any atom is -0.207 e. The van der Waals surface area contributed by atoms with E-state index in [9.17, 15) is 8.42 Å². The number of hydrogen-bond donors (Lipinski definition) is 0. The summed E-state index contributed by atoms with van der Waals surface area (Å²) in [5.41, 5.74) is 0.320. The first-order valence-corrected chi connectivity index (χ1v) is 6.86. The van der Waals surface area contributed by atoms with Crippen molar-refractivity contribution in [2.75, 3.05) is 0 Å². The van der Waals surface area contributed by atoms with E-state index in [0.717, 1.165) is 0 Å². The number of halogens is 3. The molecule has 0 saturated heterocycles. The predicted octanol–water partition coefficient (Wildman–Crippen LogP) is 2.88. The largest absolute Gasteiger partial charge is 0.263 e. The molecule has 0 bridgehead atoms. The average molecular weight is 285 g/mol. The number of alkyl halides is 1. The Morgan fingerprint density at radius 2 is 2.00 bits per heavy atom. The van der Waals surface area contributed by atoms with E-state index < -0.39 is 9.05 Å². The lowest BCUT2D eigenvalue weighted by Crippen LogP contribution is -1.99. The number of hydrogen-bond acceptors (Lipinski definition) is 3. The van der Waals surface area contributed by atoms with Crippen molar-refractivity contribution in [3.63, 3.8) is 0 Å². The van der Waals surface area contributed by atoms with Crippen LogP contribution in [0.4, 0.5) is 0 Å². The fraction of sp³-hybridized carbons (Fsp3) is 0.125. The third kappa shape index (κ3) is 2.56. The van der Waals surface area contributed by atoms with Gasteiger partial charge < -0.3 is 0 Å². The van der Waals surface area contributed by atoms with Gasteiger partial charge >= 0.3 is 0 Å². The molecule has 1 aromatic rings. The van der Waals surface area contributed by atoms with Crippen molar-refractivity contribution in [3.05, 3.63) is 28.3 Å². The van der Waals surface area contributed by atoms with Crippen LogP contribution in [0.3, 0.4) is 0 Å². The van der Waals surface area contributed by atoms with Gasteiger partial charge in [0.05, 0.1) is 10.6 Å². The molecule has 0 fully saturated rings. The summed E-state index contributed by atoms with van der Waals surface area (Å²) in [6.07, 6.45) is 0. The molecule has 0 amide bonds. The quantitative estimate of drug-likeness (QED) is 0.620. The van der Waals surface area contributed by atoms with Crippen LogP contribution in [0.2, 0.25) is 5.02 Å². The van der Waals surface area contributed by atoms with Gasteiger partial charge in [-0.2, -0.15) is 5.26 Å². The first kappa shape index (κ1) is 12.6. The van der Waals surface area contributed by atoms with E-state index in [4.69, 9.17) is 39.1 Å². The van der Waals surface area contributed by atoms with Crippen molar-refractivity contribution in [3.8, 4) is 6.07 Å². The molecule has 3 nitrogen and oxygen atoms in total. The normalized spacial score (nSPS) is 11.1. The lowest BCUT2D eigenvalue weighted by molar-refractivity contribution is 0.609. The highest BCUT2D eigenvalue weighted by Gasteiger charge is 2.21. The van der Waals surface area contributed by atoms with Gasteiger partial charge in [0, 0.05) is 16.6 Å². The number of benzene rings is 1. The number of nitriles is 1. The van der Waals surface area contributed by atoms with Crippen molar-refractivity contribution in [2.45, 2.75) is 10.8 Å². The highest BCUT2D eigenvalue weighted by atomic mass is 35.7. The Kier molecular flexibility index (Phi) is 3.85. The lowest BCUT2D eigenvalue weighted by Gasteiger charge is -2.06. The van der Waals surface area contributed by atoms with E-state index in [2.05, 4.69) is 0 Å². The maximum Gasteiger partial charge on any atom is 0.263 e. The van der Waals surface area contributed by atoms with Gasteiger partial charge in [0.25, 0.3) is 9.05 Å². The third-order valence-corrected chi connectivity index (χ3v) is 3.90. The molecule has 0 aliphatic carbocycles. The molecule has 0 heterocycles. The van der Waals surface area contributed by atoms with E-state index in [1.54, 1.807) is 6.07 Å². The minimum atomic E-state index is -4.00. The molecule has 0 atom stereocenters. The van der Waals surface area contributed by atoms with Crippen LogP contribution in [-0.4, -0.2) is 8.42 Å². The van der Waals surface area contributed by atoms with Crippen LogP contribution in [0.5, 0.6) is 0 Å². The number of nitrogens with zero attached hydrogens (tertiary/aromatic N) is 1. The van der Waals surface area contributed by atoms with Crippen molar-refractivity contribution < 1.29 is 8.42 Å². The molecule has 0 spiro atoms. The second-order valence-electron chi connectivity index (χ2n) is 2.60. The summed E-state index contributed by atoms with van der Waals surface area (Å²) in [6, 6.07) is 4.56. The fourth-order valence-corrected chi connectivity index (χ4v) is 3.31. The molecular formula is C8H4Cl3NO2S. The molecule has 7 heteroatoms. The van der Waals surface area contributed by atoms with E-state index in [1.165, 1.54) is 12.1 Å². The summed E-state index contributed by atoms with van der Waals surface area (Å²) in [4.78, 5) is -0.292. The van der Waals surface area contributed by atoms with Crippen LogP contribution >= 0.6 is 33.9 Å². The molecule has 0 aromatic heterocycles. The highest BCUT2D eigenvalue weighted by molar-refractivity contribution is 8.13. The van der Waals surface area contributed by atoms with E-state index in [0.29, 0.717) is 0 Å². The van der Waals surface area contributed by atoms with Crippen molar-refractivity contribution in [1.82, 2.24) is 0 Å². The smallest absolute Gasteiger partial charge is 0.207 e. The Labute approximate surface area is 102 Å². The van der Waals surface area contributed by atoms with Gasteiger partial charge in [0.2, 0.25) is 0 Å². The van der Waals surface area contributed by atoms with Crippen LogP contribution in [0.25, 0.3) is 0 Å². The molecule has 0 N–H and O–H groups in total. The monoisotopic (exact) mass is 283 g/mol. The SMILES string of the molecule is N#Cc1ccc(CCl)c(S(=O)(=O)Cl)c1Cl. The van der Waals surface area contributed by atoms with Crippen LogP contribution in [-0.2, 0) is 14.9 Å². The Hall–Kier alpha value is -0.470. The summed E-state index contributed by atoms with van der Waals surface area (Å²) >= 11 is 11.3. The minimum absolute atomic E-state index is 0.0461. The van der Waals surface area contributed by atoms with Gasteiger partial charge in [-0.25, -0.2) is 8.42 Å². The molecule has 1 rings (SSSR count). The van der Waals surface area contributed by atoms with Crippen LogP contribution in [0.1, 0.15) is 11.1 Å². The molecule has 1 aromatic carbocycles. The Morgan fingerprint density at radius 3 is 2.40 bits per heavy atom. The Morgan fingerprint density at radius 1 is 1.40 bits per heavy atom. The Bertz CT molecular complexity index is 534. The van der Waals surface area contributed by atoms with Gasteiger partial charge in [0.15, 0.2) is 0 Å². The van der Waals surface area contributed by atoms with Crippen molar-refractivity contribution in [1.29, 1.82) is 5.26 Å². The zero-order valence-electron chi connectivity index (χ0n) is 7.17. The summed E-state index contributed by atoms with van der Waals surface area (Å²) in [5, 5.41) is 8.48. The van der Waals surface area contributed by atoms with Gasteiger partial charge in [-0.3, -0.25) is 0 Å². The first-order chi connectivity index (χ1) is 6.91. The van der Waals surface area contributed by atoms with Crippen LogP contribution in [0.15, 0.2) is 17.0 Å². The van der Waals surface area contributed by atoms with Gasteiger partial charge in [-0.15, -0.1) is 11.6 Å².